The number of hydrogen-bond donors (Lipinski definition) is 0. The van der Waals surface area contributed by atoms with Crippen LogP contribution in [-0.2, 0) is 0 Å². The van der Waals surface area contributed by atoms with E-state index in [-0.39, 0.29) is 0 Å². The van der Waals surface area contributed by atoms with Crippen molar-refractivity contribution < 1.29 is 0 Å². The maximum absolute atomic E-state index is 2.34. The maximum atomic E-state index is 2.34. The summed E-state index contributed by atoms with van der Waals surface area (Å²) in [6.07, 6.45) is 4.08. The summed E-state index contributed by atoms with van der Waals surface area (Å²) in [5, 5.41) is 0. The van der Waals surface area contributed by atoms with Gasteiger partial charge in [-0.15, -0.1) is 0 Å². The molecule has 0 heterocycles. The molecule has 0 saturated carbocycles. The largest absolute Gasteiger partial charge is 0.0683 e. The third-order valence-corrected chi connectivity index (χ3v) is 2.20. The molecule has 0 rings (SSSR count). The van der Waals surface area contributed by atoms with Gasteiger partial charge >= 0.3 is 0 Å². The lowest BCUT2D eigenvalue weighted by atomic mass is 9.94. The Kier molecular flexibility index (Phi) is 12.3. The Labute approximate surface area is 73.4 Å². The fourth-order valence-corrected chi connectivity index (χ4v) is 1.02. The molecule has 0 aliphatic carbocycles. The summed E-state index contributed by atoms with van der Waals surface area (Å²) in [5.41, 5.74) is 0. The highest BCUT2D eigenvalue weighted by atomic mass is 14.1. The van der Waals surface area contributed by atoms with Gasteiger partial charge in [0.05, 0.1) is 0 Å². The number of hydrogen-bond acceptors (Lipinski definition) is 0. The van der Waals surface area contributed by atoms with Crippen LogP contribution in [-0.4, -0.2) is 0 Å². The molecule has 11 heavy (non-hydrogen) atoms. The molecule has 0 aromatic heterocycles. The van der Waals surface area contributed by atoms with Crippen LogP contribution in [0, 0.1) is 11.8 Å². The summed E-state index contributed by atoms with van der Waals surface area (Å²) >= 11 is 0. The molecule has 0 unspecified atom stereocenters. The van der Waals surface area contributed by atoms with Crippen molar-refractivity contribution in [1.29, 1.82) is 0 Å². The minimum atomic E-state index is 0.931. The molecule has 0 nitrogen and oxygen atoms in total. The predicted molar refractivity (Wildman–Crippen MR) is 54.9 cm³/mol. The summed E-state index contributed by atoms with van der Waals surface area (Å²) in [6.45, 7) is 13.2. The maximum Gasteiger partial charge on any atom is -0.0443 e. The van der Waals surface area contributed by atoms with E-state index in [1.807, 2.05) is 13.8 Å². The zero-order valence-electron chi connectivity index (χ0n) is 9.28. The highest BCUT2D eigenvalue weighted by molar-refractivity contribution is 4.55. The molecule has 0 spiro atoms. The van der Waals surface area contributed by atoms with Crippen LogP contribution < -0.4 is 0 Å². The van der Waals surface area contributed by atoms with Crippen molar-refractivity contribution >= 4 is 0 Å². The minimum absolute atomic E-state index is 0.931. The smallest absolute Gasteiger partial charge is 0.0443 e. The highest BCUT2D eigenvalue weighted by Gasteiger charge is 2.03. The Morgan fingerprint density at radius 2 is 1.09 bits per heavy atom. The summed E-state index contributed by atoms with van der Waals surface area (Å²) < 4.78 is 0. The third-order valence-electron chi connectivity index (χ3n) is 2.20. The predicted octanol–water partition coefficient (Wildman–Crippen LogP) is 4.49. The van der Waals surface area contributed by atoms with Gasteiger partial charge in [0.25, 0.3) is 0 Å². The molecule has 0 heteroatoms. The molecule has 0 amide bonds. The second-order valence-electron chi connectivity index (χ2n) is 3.26. The second-order valence-corrected chi connectivity index (χ2v) is 3.26. The van der Waals surface area contributed by atoms with Crippen LogP contribution in [0.2, 0.25) is 0 Å². The molecule has 0 saturated heterocycles. The zero-order valence-corrected chi connectivity index (χ0v) is 9.28. The first-order chi connectivity index (χ1) is 5.20. The molecule has 0 aromatic rings. The molecule has 0 aliphatic rings. The van der Waals surface area contributed by atoms with Gasteiger partial charge in [-0.3, -0.25) is 0 Å². The van der Waals surface area contributed by atoms with Gasteiger partial charge in [0.2, 0.25) is 0 Å². The van der Waals surface area contributed by atoms with E-state index < -0.39 is 0 Å². The molecule has 0 N–H and O–H groups in total. The third kappa shape index (κ3) is 10.0. The average Bonchev–Trinajstić information content (AvgIpc) is 2.07. The van der Waals surface area contributed by atoms with Crippen molar-refractivity contribution in [1.82, 2.24) is 0 Å². The molecule has 0 fully saturated rings. The quantitative estimate of drug-likeness (QED) is 0.565. The van der Waals surface area contributed by atoms with Gasteiger partial charge in [-0.1, -0.05) is 54.4 Å². The summed E-state index contributed by atoms with van der Waals surface area (Å²) in [5.74, 6) is 1.86. The van der Waals surface area contributed by atoms with Crippen molar-refractivity contribution in [2.24, 2.45) is 11.8 Å². The van der Waals surface area contributed by atoms with Crippen molar-refractivity contribution in [3.63, 3.8) is 0 Å². The Hall–Kier alpha value is 0. The first-order valence-electron chi connectivity index (χ1n) is 5.20. The highest BCUT2D eigenvalue weighted by Crippen LogP contribution is 2.16. The van der Waals surface area contributed by atoms with E-state index in [1.165, 1.54) is 19.3 Å². The van der Waals surface area contributed by atoms with Crippen LogP contribution in [0.4, 0.5) is 0 Å². The molecular formula is C11H26. The molecule has 0 aliphatic heterocycles. The molecule has 0 aromatic carbocycles. The molecule has 0 radical (unpaired) electrons. The van der Waals surface area contributed by atoms with E-state index in [4.69, 9.17) is 0 Å². The van der Waals surface area contributed by atoms with Crippen LogP contribution >= 0.6 is 0 Å². The van der Waals surface area contributed by atoms with Gasteiger partial charge in [0.15, 0.2) is 0 Å². The van der Waals surface area contributed by atoms with Gasteiger partial charge in [-0.2, -0.15) is 0 Å². The van der Waals surface area contributed by atoms with E-state index in [0.717, 1.165) is 11.8 Å². The lowest BCUT2D eigenvalue weighted by molar-refractivity contribution is 0.397. The van der Waals surface area contributed by atoms with Gasteiger partial charge in [-0.05, 0) is 18.3 Å². The van der Waals surface area contributed by atoms with Crippen molar-refractivity contribution in [2.75, 3.05) is 0 Å². The summed E-state index contributed by atoms with van der Waals surface area (Å²) in [6, 6.07) is 0. The molecular weight excluding hydrogens is 132 g/mol. The average molecular weight is 158 g/mol. The van der Waals surface area contributed by atoms with Crippen molar-refractivity contribution in [2.45, 2.75) is 60.8 Å². The van der Waals surface area contributed by atoms with Crippen LogP contribution in [0.15, 0.2) is 0 Å². The van der Waals surface area contributed by atoms with E-state index in [1.54, 1.807) is 0 Å². The first-order valence-corrected chi connectivity index (χ1v) is 5.20. The van der Waals surface area contributed by atoms with E-state index in [0.29, 0.717) is 0 Å². The molecule has 0 bridgehead atoms. The van der Waals surface area contributed by atoms with Crippen molar-refractivity contribution in [3.8, 4) is 0 Å². The van der Waals surface area contributed by atoms with Gasteiger partial charge in [0, 0.05) is 0 Å². The first kappa shape index (κ1) is 13.6. The zero-order chi connectivity index (χ0) is 9.28. The second kappa shape index (κ2) is 10.0. The fraction of sp³-hybridized carbons (Fsp3) is 1.00. The summed E-state index contributed by atoms with van der Waals surface area (Å²) in [7, 11) is 0. The normalized spacial score (nSPS) is 14.7. The summed E-state index contributed by atoms with van der Waals surface area (Å²) in [4.78, 5) is 0. The Morgan fingerprint density at radius 3 is 1.27 bits per heavy atom. The van der Waals surface area contributed by atoms with Crippen LogP contribution in [0.5, 0.6) is 0 Å². The lowest BCUT2D eigenvalue weighted by Gasteiger charge is -2.12. The van der Waals surface area contributed by atoms with Gasteiger partial charge < -0.3 is 0 Å². The molecule has 70 valence electrons. The SMILES string of the molecule is CC.CC[C@@H](C)C[C@@H](C)CC. The molecule has 2 atom stereocenters. The Bertz CT molecular complexity index is 49.1. The van der Waals surface area contributed by atoms with Gasteiger partial charge in [0.1, 0.15) is 0 Å². The van der Waals surface area contributed by atoms with E-state index in [2.05, 4.69) is 27.7 Å². The Morgan fingerprint density at radius 1 is 0.818 bits per heavy atom. The monoisotopic (exact) mass is 158 g/mol. The standard InChI is InChI=1S/C9H20.C2H6/c1-5-8(3)7-9(4)6-2;1-2/h8-9H,5-7H2,1-4H3;1-2H3/t8-,9+;. The number of rotatable bonds is 4. The van der Waals surface area contributed by atoms with Crippen LogP contribution in [0.1, 0.15) is 60.8 Å². The van der Waals surface area contributed by atoms with E-state index >= 15 is 0 Å². The van der Waals surface area contributed by atoms with Gasteiger partial charge in [-0.25, -0.2) is 0 Å². The van der Waals surface area contributed by atoms with Crippen molar-refractivity contribution in [3.05, 3.63) is 0 Å². The van der Waals surface area contributed by atoms with E-state index in [9.17, 15) is 0 Å². The van der Waals surface area contributed by atoms with Crippen LogP contribution in [0.25, 0.3) is 0 Å². The minimum Gasteiger partial charge on any atom is -0.0683 e. The van der Waals surface area contributed by atoms with Crippen LogP contribution in [0.3, 0.4) is 0 Å². The lowest BCUT2D eigenvalue weighted by Crippen LogP contribution is -2.00. The topological polar surface area (TPSA) is 0 Å². The fourth-order valence-electron chi connectivity index (χ4n) is 1.02. The Balaban J connectivity index is 0.